The first-order valence-corrected chi connectivity index (χ1v) is 8.38. The third-order valence-electron chi connectivity index (χ3n) is 4.68. The molecule has 2 fully saturated rings. The van der Waals surface area contributed by atoms with Gasteiger partial charge >= 0.3 is 0 Å². The molecule has 0 spiro atoms. The molecule has 1 amide bonds. The lowest BCUT2D eigenvalue weighted by Gasteiger charge is -2.26. The Bertz CT molecular complexity index is 472. The Labute approximate surface area is 127 Å². The topological polar surface area (TPSA) is 32.3 Å². The van der Waals surface area contributed by atoms with Gasteiger partial charge in [-0.25, -0.2) is 0 Å². The number of hydrogen-bond donors (Lipinski definition) is 1. The summed E-state index contributed by atoms with van der Waals surface area (Å²) in [5.74, 6) is 0.948. The van der Waals surface area contributed by atoms with Crippen LogP contribution in [0.5, 0.6) is 0 Å². The number of aryl methyl sites for hydroxylation is 1. The van der Waals surface area contributed by atoms with Crippen LogP contribution in [0.3, 0.4) is 0 Å². The second-order valence-corrected chi connectivity index (χ2v) is 6.50. The van der Waals surface area contributed by atoms with Crippen molar-refractivity contribution in [1.29, 1.82) is 0 Å². The Hall–Kier alpha value is -1.35. The molecule has 21 heavy (non-hydrogen) atoms. The highest BCUT2D eigenvalue weighted by Gasteiger charge is 2.29. The van der Waals surface area contributed by atoms with E-state index in [-0.39, 0.29) is 5.91 Å². The molecule has 1 saturated heterocycles. The number of nitrogens with zero attached hydrogens (tertiary/aromatic N) is 1. The standard InChI is InChI=1S/C18H26N2O/c1-2-14-7-9-16(10-8-14)18(21)20(12-15-5-6-15)13-17-4-3-11-19-17/h7-10,15,17,19H,2-6,11-13H2,1H3. The van der Waals surface area contributed by atoms with Crippen LogP contribution < -0.4 is 5.32 Å². The summed E-state index contributed by atoms with van der Waals surface area (Å²) in [6.45, 7) is 5.04. The summed E-state index contributed by atoms with van der Waals surface area (Å²) in [6, 6.07) is 8.63. The fourth-order valence-electron chi connectivity index (χ4n) is 3.10. The van der Waals surface area contributed by atoms with Gasteiger partial charge in [-0.3, -0.25) is 4.79 Å². The van der Waals surface area contributed by atoms with E-state index in [9.17, 15) is 4.79 Å². The number of nitrogens with one attached hydrogen (secondary N) is 1. The quantitative estimate of drug-likeness (QED) is 0.872. The molecule has 1 unspecified atom stereocenters. The van der Waals surface area contributed by atoms with Gasteiger partial charge < -0.3 is 10.2 Å². The molecule has 3 heteroatoms. The largest absolute Gasteiger partial charge is 0.337 e. The summed E-state index contributed by atoms with van der Waals surface area (Å²) in [4.78, 5) is 14.9. The van der Waals surface area contributed by atoms with Gasteiger partial charge in [0.25, 0.3) is 5.91 Å². The van der Waals surface area contributed by atoms with Gasteiger partial charge in [-0.15, -0.1) is 0 Å². The third kappa shape index (κ3) is 3.85. The van der Waals surface area contributed by atoms with Gasteiger partial charge in [-0.2, -0.15) is 0 Å². The van der Waals surface area contributed by atoms with Crippen molar-refractivity contribution in [2.75, 3.05) is 19.6 Å². The molecule has 3 nitrogen and oxygen atoms in total. The molecule has 1 N–H and O–H groups in total. The molecular formula is C18H26N2O. The summed E-state index contributed by atoms with van der Waals surface area (Å²) in [5, 5.41) is 3.51. The van der Waals surface area contributed by atoms with Crippen molar-refractivity contribution in [1.82, 2.24) is 10.2 Å². The zero-order chi connectivity index (χ0) is 14.7. The van der Waals surface area contributed by atoms with Gasteiger partial charge in [-0.1, -0.05) is 19.1 Å². The van der Waals surface area contributed by atoms with Gasteiger partial charge in [0, 0.05) is 24.7 Å². The number of rotatable bonds is 6. The number of carbonyl (C=O) groups excluding carboxylic acids is 1. The Kier molecular flexibility index (Phi) is 4.59. The van der Waals surface area contributed by atoms with Crippen LogP contribution in [0.15, 0.2) is 24.3 Å². The van der Waals surface area contributed by atoms with Gasteiger partial charge in [0.15, 0.2) is 0 Å². The van der Waals surface area contributed by atoms with Gasteiger partial charge in [-0.05, 0) is 62.3 Å². The molecule has 0 bridgehead atoms. The molecule has 1 aromatic rings. The smallest absolute Gasteiger partial charge is 0.253 e. The van der Waals surface area contributed by atoms with Crippen LogP contribution in [-0.2, 0) is 6.42 Å². The highest BCUT2D eigenvalue weighted by atomic mass is 16.2. The van der Waals surface area contributed by atoms with Crippen LogP contribution in [0.2, 0.25) is 0 Å². The molecular weight excluding hydrogens is 260 g/mol. The fraction of sp³-hybridized carbons (Fsp3) is 0.611. The summed E-state index contributed by atoms with van der Waals surface area (Å²) >= 11 is 0. The van der Waals surface area contributed by atoms with Crippen LogP contribution >= 0.6 is 0 Å². The van der Waals surface area contributed by atoms with Crippen molar-refractivity contribution in [2.45, 2.75) is 45.1 Å². The van der Waals surface area contributed by atoms with E-state index in [1.165, 1.54) is 31.2 Å². The van der Waals surface area contributed by atoms with Gasteiger partial charge in [0.1, 0.15) is 0 Å². The molecule has 1 aliphatic heterocycles. The minimum atomic E-state index is 0.207. The number of carbonyl (C=O) groups is 1. The van der Waals surface area contributed by atoms with E-state index < -0.39 is 0 Å². The Morgan fingerprint density at radius 1 is 1.19 bits per heavy atom. The SMILES string of the molecule is CCc1ccc(C(=O)N(CC2CC2)CC2CCCN2)cc1. The van der Waals surface area contributed by atoms with Crippen LogP contribution in [0.1, 0.15) is 48.5 Å². The average molecular weight is 286 g/mol. The first kappa shape index (κ1) is 14.6. The van der Waals surface area contributed by atoms with Gasteiger partial charge in [0.2, 0.25) is 0 Å². The van der Waals surface area contributed by atoms with Crippen molar-refractivity contribution < 1.29 is 4.79 Å². The normalized spacial score (nSPS) is 21.5. The van der Waals surface area contributed by atoms with E-state index in [4.69, 9.17) is 0 Å². The maximum Gasteiger partial charge on any atom is 0.253 e. The zero-order valence-electron chi connectivity index (χ0n) is 13.0. The molecule has 1 aliphatic carbocycles. The number of amides is 1. The first-order chi connectivity index (χ1) is 10.3. The van der Waals surface area contributed by atoms with Crippen LogP contribution in [0, 0.1) is 5.92 Å². The molecule has 1 aromatic carbocycles. The van der Waals surface area contributed by atoms with E-state index in [1.807, 2.05) is 12.1 Å². The third-order valence-corrected chi connectivity index (χ3v) is 4.68. The summed E-state index contributed by atoms with van der Waals surface area (Å²) in [6.07, 6.45) is 6.03. The molecule has 1 saturated carbocycles. The van der Waals surface area contributed by atoms with Gasteiger partial charge in [0.05, 0.1) is 0 Å². The van der Waals surface area contributed by atoms with E-state index in [2.05, 4.69) is 29.3 Å². The fourth-order valence-corrected chi connectivity index (χ4v) is 3.10. The maximum absolute atomic E-state index is 12.8. The first-order valence-electron chi connectivity index (χ1n) is 8.38. The zero-order valence-corrected chi connectivity index (χ0v) is 13.0. The predicted molar refractivity (Wildman–Crippen MR) is 85.5 cm³/mol. The van der Waals surface area contributed by atoms with Crippen LogP contribution in [-0.4, -0.2) is 36.5 Å². The van der Waals surface area contributed by atoms with E-state index >= 15 is 0 Å². The molecule has 114 valence electrons. The van der Waals surface area contributed by atoms with Crippen LogP contribution in [0.25, 0.3) is 0 Å². The molecule has 2 aliphatic rings. The maximum atomic E-state index is 12.8. The van der Waals surface area contributed by atoms with Crippen LogP contribution in [0.4, 0.5) is 0 Å². The molecule has 0 radical (unpaired) electrons. The lowest BCUT2D eigenvalue weighted by atomic mass is 10.1. The average Bonchev–Trinajstić information content (AvgIpc) is 3.19. The number of hydrogen-bond acceptors (Lipinski definition) is 2. The summed E-state index contributed by atoms with van der Waals surface area (Å²) in [5.41, 5.74) is 2.13. The molecule has 1 atom stereocenters. The summed E-state index contributed by atoms with van der Waals surface area (Å²) in [7, 11) is 0. The highest BCUT2D eigenvalue weighted by molar-refractivity contribution is 5.94. The minimum Gasteiger partial charge on any atom is -0.337 e. The minimum absolute atomic E-state index is 0.207. The monoisotopic (exact) mass is 286 g/mol. The van der Waals surface area contributed by atoms with E-state index in [1.54, 1.807) is 0 Å². The predicted octanol–water partition coefficient (Wildman–Crippen LogP) is 2.85. The second kappa shape index (κ2) is 6.61. The number of benzene rings is 1. The highest BCUT2D eigenvalue weighted by Crippen LogP contribution is 2.30. The second-order valence-electron chi connectivity index (χ2n) is 6.50. The Balaban J connectivity index is 1.68. The Morgan fingerprint density at radius 2 is 1.95 bits per heavy atom. The van der Waals surface area contributed by atoms with Crippen molar-refractivity contribution >= 4 is 5.91 Å². The van der Waals surface area contributed by atoms with E-state index in [0.29, 0.717) is 6.04 Å². The Morgan fingerprint density at radius 3 is 2.52 bits per heavy atom. The lowest BCUT2D eigenvalue weighted by molar-refractivity contribution is 0.0733. The molecule has 3 rings (SSSR count). The summed E-state index contributed by atoms with van der Waals surface area (Å²) < 4.78 is 0. The van der Waals surface area contributed by atoms with Crippen molar-refractivity contribution in [2.24, 2.45) is 5.92 Å². The van der Waals surface area contributed by atoms with Crippen molar-refractivity contribution in [3.05, 3.63) is 35.4 Å². The van der Waals surface area contributed by atoms with Crippen molar-refractivity contribution in [3.63, 3.8) is 0 Å². The van der Waals surface area contributed by atoms with E-state index in [0.717, 1.165) is 37.5 Å². The lowest BCUT2D eigenvalue weighted by Crippen LogP contribution is -2.42. The molecule has 1 heterocycles. The molecule has 0 aromatic heterocycles. The van der Waals surface area contributed by atoms with Crippen molar-refractivity contribution in [3.8, 4) is 0 Å².